The maximum absolute atomic E-state index is 11.9. The summed E-state index contributed by atoms with van der Waals surface area (Å²) < 4.78 is 0. The van der Waals surface area contributed by atoms with Gasteiger partial charge >= 0.3 is 0 Å². The number of carbonyl (C=O) groups excluding carboxylic acids is 1. The minimum Gasteiger partial charge on any atom is -0.313 e. The summed E-state index contributed by atoms with van der Waals surface area (Å²) in [6.07, 6.45) is 2.37. The summed E-state index contributed by atoms with van der Waals surface area (Å²) in [6, 6.07) is 1.83. The van der Waals surface area contributed by atoms with Crippen molar-refractivity contribution in [1.29, 1.82) is 0 Å². The van der Waals surface area contributed by atoms with E-state index in [2.05, 4.69) is 20.6 Å². The summed E-state index contributed by atoms with van der Waals surface area (Å²) in [4.78, 5) is 19.5. The molecular weight excluding hydrogens is 228 g/mol. The Kier molecular flexibility index (Phi) is 3.36. The van der Waals surface area contributed by atoms with Crippen LogP contribution >= 0.6 is 11.6 Å². The van der Waals surface area contributed by atoms with Gasteiger partial charge in [0.15, 0.2) is 0 Å². The predicted octanol–water partition coefficient (Wildman–Crippen LogP) is 1.07. The Balaban J connectivity index is 2.02. The molecule has 86 valence electrons. The van der Waals surface area contributed by atoms with Crippen LogP contribution in [0.1, 0.15) is 13.3 Å². The van der Waals surface area contributed by atoms with Crippen molar-refractivity contribution in [3.63, 3.8) is 0 Å². The highest BCUT2D eigenvalue weighted by molar-refractivity contribution is 6.28. The Morgan fingerprint density at radius 2 is 2.50 bits per heavy atom. The van der Waals surface area contributed by atoms with Crippen molar-refractivity contribution in [1.82, 2.24) is 15.3 Å². The van der Waals surface area contributed by atoms with Gasteiger partial charge in [0, 0.05) is 12.2 Å². The molecule has 0 radical (unpaired) electrons. The fraction of sp³-hybridized carbons (Fsp3) is 0.500. The van der Waals surface area contributed by atoms with Gasteiger partial charge in [-0.2, -0.15) is 0 Å². The molecule has 2 atom stereocenters. The summed E-state index contributed by atoms with van der Waals surface area (Å²) in [5.74, 6) is 0.421. The average molecular weight is 241 g/mol. The van der Waals surface area contributed by atoms with Crippen molar-refractivity contribution in [3.8, 4) is 0 Å². The van der Waals surface area contributed by atoms with Gasteiger partial charge in [-0.15, -0.1) is 0 Å². The minimum absolute atomic E-state index is 0.00580. The molecule has 2 unspecified atom stereocenters. The van der Waals surface area contributed by atoms with Gasteiger partial charge in [0.1, 0.15) is 5.82 Å². The van der Waals surface area contributed by atoms with E-state index in [1.165, 1.54) is 6.20 Å². The fourth-order valence-corrected chi connectivity index (χ4v) is 1.99. The second-order valence-corrected chi connectivity index (χ2v) is 4.18. The number of amides is 1. The second kappa shape index (κ2) is 4.76. The molecule has 0 spiro atoms. The van der Waals surface area contributed by atoms with E-state index in [0.29, 0.717) is 5.82 Å². The zero-order valence-electron chi connectivity index (χ0n) is 8.90. The number of rotatable bonds is 2. The van der Waals surface area contributed by atoms with Crippen LogP contribution in [0.15, 0.2) is 12.3 Å². The molecule has 5 nitrogen and oxygen atoms in total. The highest BCUT2D eigenvalue weighted by Gasteiger charge is 2.29. The van der Waals surface area contributed by atoms with Crippen LogP contribution in [0.3, 0.4) is 0 Å². The molecule has 6 heteroatoms. The number of aromatic nitrogens is 2. The van der Waals surface area contributed by atoms with E-state index in [-0.39, 0.29) is 23.2 Å². The van der Waals surface area contributed by atoms with Gasteiger partial charge in [-0.05, 0) is 37.6 Å². The van der Waals surface area contributed by atoms with Crippen LogP contribution in [0.5, 0.6) is 0 Å². The predicted molar refractivity (Wildman–Crippen MR) is 61.2 cm³/mol. The van der Waals surface area contributed by atoms with Gasteiger partial charge in [-0.25, -0.2) is 9.97 Å². The lowest BCUT2D eigenvalue weighted by Crippen LogP contribution is -2.32. The topological polar surface area (TPSA) is 66.9 Å². The van der Waals surface area contributed by atoms with E-state index in [9.17, 15) is 4.79 Å². The number of carbonyl (C=O) groups is 1. The van der Waals surface area contributed by atoms with E-state index in [0.717, 1.165) is 13.0 Å². The molecule has 1 amide bonds. The average Bonchev–Trinajstić information content (AvgIpc) is 2.64. The summed E-state index contributed by atoms with van der Waals surface area (Å²) in [5.41, 5.74) is 0. The number of hydrogen-bond acceptors (Lipinski definition) is 4. The molecule has 1 saturated heterocycles. The molecule has 0 saturated carbocycles. The molecule has 2 N–H and O–H groups in total. The van der Waals surface area contributed by atoms with Crippen LogP contribution in [0, 0.1) is 5.92 Å². The van der Waals surface area contributed by atoms with Gasteiger partial charge in [0.2, 0.25) is 11.2 Å². The van der Waals surface area contributed by atoms with E-state index < -0.39 is 0 Å². The molecule has 1 fully saturated rings. The van der Waals surface area contributed by atoms with Crippen molar-refractivity contribution in [3.05, 3.63) is 17.5 Å². The van der Waals surface area contributed by atoms with Crippen LogP contribution in [0.25, 0.3) is 0 Å². The molecule has 1 aromatic rings. The Hall–Kier alpha value is -1.20. The normalized spacial score (nSPS) is 24.4. The molecule has 1 aliphatic heterocycles. The largest absolute Gasteiger partial charge is 0.313 e. The van der Waals surface area contributed by atoms with Crippen molar-refractivity contribution in [2.45, 2.75) is 19.4 Å². The summed E-state index contributed by atoms with van der Waals surface area (Å²) >= 11 is 5.63. The quantitative estimate of drug-likeness (QED) is 0.759. The summed E-state index contributed by atoms with van der Waals surface area (Å²) in [6.45, 7) is 2.88. The lowest BCUT2D eigenvalue weighted by Gasteiger charge is -2.14. The smallest absolute Gasteiger partial charge is 0.230 e. The monoisotopic (exact) mass is 240 g/mol. The molecule has 2 heterocycles. The summed E-state index contributed by atoms with van der Waals surface area (Å²) in [7, 11) is 0. The molecule has 0 aromatic carbocycles. The molecule has 0 aliphatic carbocycles. The molecular formula is C10H13ClN4O. The molecule has 1 aliphatic rings. The van der Waals surface area contributed by atoms with Gasteiger partial charge in [0.25, 0.3) is 0 Å². The van der Waals surface area contributed by atoms with Gasteiger partial charge in [0.05, 0.1) is 5.92 Å². The number of nitrogens with zero attached hydrogens (tertiary/aromatic N) is 2. The first-order valence-electron chi connectivity index (χ1n) is 5.19. The van der Waals surface area contributed by atoms with Crippen LogP contribution in [-0.4, -0.2) is 28.5 Å². The third-order valence-corrected chi connectivity index (χ3v) is 2.92. The zero-order valence-corrected chi connectivity index (χ0v) is 9.66. The molecule has 2 rings (SSSR count). The third kappa shape index (κ3) is 2.48. The van der Waals surface area contributed by atoms with Crippen LogP contribution in [0.2, 0.25) is 5.28 Å². The number of anilines is 1. The van der Waals surface area contributed by atoms with Gasteiger partial charge < -0.3 is 10.6 Å². The fourth-order valence-electron chi connectivity index (χ4n) is 1.84. The second-order valence-electron chi connectivity index (χ2n) is 3.84. The SMILES string of the molecule is CC1NCCC1C(=O)Nc1ccnc(Cl)n1. The van der Waals surface area contributed by atoms with E-state index >= 15 is 0 Å². The van der Waals surface area contributed by atoms with Crippen LogP contribution in [-0.2, 0) is 4.79 Å². The van der Waals surface area contributed by atoms with Crippen LogP contribution in [0.4, 0.5) is 5.82 Å². The van der Waals surface area contributed by atoms with Crippen molar-refractivity contribution >= 4 is 23.3 Å². The van der Waals surface area contributed by atoms with Crippen LogP contribution < -0.4 is 10.6 Å². The molecule has 16 heavy (non-hydrogen) atoms. The Labute approximate surface area is 98.6 Å². The van der Waals surface area contributed by atoms with E-state index in [1.54, 1.807) is 6.07 Å². The first-order valence-corrected chi connectivity index (χ1v) is 5.57. The lowest BCUT2D eigenvalue weighted by molar-refractivity contribution is -0.120. The first kappa shape index (κ1) is 11.3. The Morgan fingerprint density at radius 1 is 1.69 bits per heavy atom. The highest BCUT2D eigenvalue weighted by Crippen LogP contribution is 2.17. The molecule has 0 bridgehead atoms. The Morgan fingerprint density at radius 3 is 3.12 bits per heavy atom. The minimum atomic E-state index is -0.0210. The standard InChI is InChI=1S/C10H13ClN4O/c1-6-7(2-4-12-6)9(16)14-8-3-5-13-10(11)15-8/h3,5-7,12H,2,4H2,1H3,(H,13,14,15,16). The van der Waals surface area contributed by atoms with Crippen molar-refractivity contribution < 1.29 is 4.79 Å². The number of nitrogens with one attached hydrogen (secondary N) is 2. The van der Waals surface area contributed by atoms with Crippen molar-refractivity contribution in [2.24, 2.45) is 5.92 Å². The number of hydrogen-bond donors (Lipinski definition) is 2. The maximum Gasteiger partial charge on any atom is 0.230 e. The first-order chi connectivity index (χ1) is 7.66. The summed E-state index contributed by atoms with van der Waals surface area (Å²) in [5, 5.41) is 6.10. The lowest BCUT2D eigenvalue weighted by atomic mass is 10.0. The zero-order chi connectivity index (χ0) is 11.5. The molecule has 1 aromatic heterocycles. The maximum atomic E-state index is 11.9. The highest BCUT2D eigenvalue weighted by atomic mass is 35.5. The van der Waals surface area contributed by atoms with E-state index in [1.807, 2.05) is 6.92 Å². The van der Waals surface area contributed by atoms with Gasteiger partial charge in [-0.3, -0.25) is 4.79 Å². The third-order valence-electron chi connectivity index (χ3n) is 2.74. The number of halogens is 1. The van der Waals surface area contributed by atoms with Gasteiger partial charge in [-0.1, -0.05) is 0 Å². The van der Waals surface area contributed by atoms with E-state index in [4.69, 9.17) is 11.6 Å². The van der Waals surface area contributed by atoms with Crippen molar-refractivity contribution in [2.75, 3.05) is 11.9 Å². The Bertz CT molecular complexity index is 398.